The van der Waals surface area contributed by atoms with Crippen LogP contribution >= 0.6 is 34.7 Å². The van der Waals surface area contributed by atoms with E-state index in [2.05, 4.69) is 28.2 Å². The van der Waals surface area contributed by atoms with Gasteiger partial charge in [0, 0.05) is 22.3 Å². The summed E-state index contributed by atoms with van der Waals surface area (Å²) in [4.78, 5) is 19.0. The van der Waals surface area contributed by atoms with Gasteiger partial charge in [0.25, 0.3) is 0 Å². The van der Waals surface area contributed by atoms with Gasteiger partial charge in [-0.2, -0.15) is 11.3 Å². The second-order valence-corrected chi connectivity index (χ2v) is 10.8. The van der Waals surface area contributed by atoms with Crippen molar-refractivity contribution in [3.05, 3.63) is 117 Å². The molecular weight excluding hydrogens is 487 g/mol. The van der Waals surface area contributed by atoms with Crippen LogP contribution in [0.25, 0.3) is 0 Å². The molecule has 1 fully saturated rings. The van der Waals surface area contributed by atoms with Gasteiger partial charge in [-0.3, -0.25) is 4.79 Å². The van der Waals surface area contributed by atoms with Crippen molar-refractivity contribution in [2.75, 3.05) is 6.54 Å². The zero-order valence-electron chi connectivity index (χ0n) is 18.2. The maximum absolute atomic E-state index is 13.3. The molecule has 1 saturated heterocycles. The predicted molar refractivity (Wildman–Crippen MR) is 138 cm³/mol. The topological polar surface area (TPSA) is 42.0 Å². The Kier molecular flexibility index (Phi) is 6.84. The van der Waals surface area contributed by atoms with Crippen LogP contribution in [-0.4, -0.2) is 22.6 Å². The molecule has 4 aromatic rings. The third kappa shape index (κ3) is 4.68. The van der Waals surface area contributed by atoms with Gasteiger partial charge in [0.15, 0.2) is 0 Å². The van der Waals surface area contributed by atoms with E-state index in [1.807, 2.05) is 30.3 Å². The van der Waals surface area contributed by atoms with Crippen molar-refractivity contribution in [2.45, 2.75) is 28.5 Å². The van der Waals surface area contributed by atoms with Crippen LogP contribution in [0.1, 0.15) is 40.2 Å². The van der Waals surface area contributed by atoms with Gasteiger partial charge in [0.1, 0.15) is 11.5 Å². The normalized spacial score (nSPS) is 20.2. The minimum atomic E-state index is -0.476. The summed E-state index contributed by atoms with van der Waals surface area (Å²) in [5.41, 5.74) is 2.27. The molecule has 2 unspecified atom stereocenters. The van der Waals surface area contributed by atoms with Crippen molar-refractivity contribution in [3.63, 3.8) is 0 Å². The minimum absolute atomic E-state index is 0.217. The summed E-state index contributed by atoms with van der Waals surface area (Å²) in [6, 6.07) is 21.2. The lowest BCUT2D eigenvalue weighted by Gasteiger charge is -2.41. The SMILES string of the molecule is O=C(c1ccc(F)cc1)c1cccc(C2(c3ccsc3)CCC(Sc3ccccc3Cl)CN2)n1. The lowest BCUT2D eigenvalue weighted by molar-refractivity contribution is 0.103. The van der Waals surface area contributed by atoms with Crippen LogP contribution in [0.5, 0.6) is 0 Å². The summed E-state index contributed by atoms with van der Waals surface area (Å²) in [5, 5.41) is 9.13. The molecule has 3 heterocycles. The van der Waals surface area contributed by atoms with E-state index in [9.17, 15) is 9.18 Å². The molecule has 3 nitrogen and oxygen atoms in total. The Morgan fingerprint density at radius 1 is 1.09 bits per heavy atom. The number of carbonyl (C=O) groups is 1. The highest BCUT2D eigenvalue weighted by molar-refractivity contribution is 8.00. The smallest absolute Gasteiger partial charge is 0.211 e. The maximum atomic E-state index is 13.3. The third-order valence-electron chi connectivity index (χ3n) is 6.14. The fourth-order valence-corrected chi connectivity index (χ4v) is 6.44. The molecule has 0 radical (unpaired) electrons. The summed E-state index contributed by atoms with van der Waals surface area (Å²) in [7, 11) is 0. The standard InChI is InChI=1S/C27H22ClFN2OS2/c28-22-4-1-2-6-24(22)34-21-12-14-27(30-16-21,19-13-15-33-17-19)25-7-3-5-23(31-25)26(32)18-8-10-20(29)11-9-18/h1-11,13,15,17,21,30H,12,14,16H2. The van der Waals surface area contributed by atoms with Crippen molar-refractivity contribution >= 4 is 40.5 Å². The highest BCUT2D eigenvalue weighted by atomic mass is 35.5. The van der Waals surface area contributed by atoms with Crippen LogP contribution in [0.4, 0.5) is 4.39 Å². The number of nitrogens with one attached hydrogen (secondary N) is 1. The molecule has 2 aromatic heterocycles. The number of carbonyl (C=O) groups excluding carboxylic acids is 1. The number of aromatic nitrogens is 1. The van der Waals surface area contributed by atoms with Crippen LogP contribution in [-0.2, 0) is 5.54 Å². The number of halogens is 2. The van der Waals surface area contributed by atoms with E-state index in [4.69, 9.17) is 16.6 Å². The van der Waals surface area contributed by atoms with E-state index in [1.54, 1.807) is 29.2 Å². The molecule has 0 spiro atoms. The Labute approximate surface area is 211 Å². The first-order valence-corrected chi connectivity index (χ1v) is 13.2. The first-order valence-electron chi connectivity index (χ1n) is 11.0. The number of thioether (sulfide) groups is 1. The number of ketones is 1. The fourth-order valence-electron chi connectivity index (χ4n) is 4.34. The van der Waals surface area contributed by atoms with E-state index in [-0.39, 0.29) is 11.6 Å². The summed E-state index contributed by atoms with van der Waals surface area (Å²) in [6.07, 6.45) is 1.81. The van der Waals surface area contributed by atoms with Gasteiger partial charge < -0.3 is 5.32 Å². The van der Waals surface area contributed by atoms with E-state index < -0.39 is 5.54 Å². The van der Waals surface area contributed by atoms with E-state index in [0.29, 0.717) is 16.5 Å². The molecule has 0 aliphatic carbocycles. The van der Waals surface area contributed by atoms with Crippen LogP contribution in [0.2, 0.25) is 5.02 Å². The van der Waals surface area contributed by atoms with Crippen molar-refractivity contribution < 1.29 is 9.18 Å². The predicted octanol–water partition coefficient (Wildman–Crippen LogP) is 6.95. The summed E-state index contributed by atoms with van der Waals surface area (Å²) >= 11 is 9.82. The van der Waals surface area contributed by atoms with Gasteiger partial charge in [0.05, 0.1) is 16.3 Å². The summed E-state index contributed by atoms with van der Waals surface area (Å²) in [6.45, 7) is 0.781. The molecule has 0 saturated carbocycles. The van der Waals surface area contributed by atoms with Crippen LogP contribution < -0.4 is 5.32 Å². The molecule has 34 heavy (non-hydrogen) atoms. The number of thiophene rings is 1. The largest absolute Gasteiger partial charge is 0.301 e. The molecule has 1 aliphatic heterocycles. The molecule has 2 atom stereocenters. The van der Waals surface area contributed by atoms with Crippen molar-refractivity contribution in [3.8, 4) is 0 Å². The highest BCUT2D eigenvalue weighted by Gasteiger charge is 2.40. The van der Waals surface area contributed by atoms with Crippen molar-refractivity contribution in [1.82, 2.24) is 10.3 Å². The van der Waals surface area contributed by atoms with Gasteiger partial charge in [0.2, 0.25) is 5.78 Å². The van der Waals surface area contributed by atoms with Gasteiger partial charge in [-0.1, -0.05) is 29.8 Å². The molecule has 2 aromatic carbocycles. The van der Waals surface area contributed by atoms with E-state index in [1.165, 1.54) is 24.3 Å². The first kappa shape index (κ1) is 23.2. The minimum Gasteiger partial charge on any atom is -0.301 e. The lowest BCUT2D eigenvalue weighted by Crippen LogP contribution is -2.51. The summed E-state index contributed by atoms with van der Waals surface area (Å²) < 4.78 is 13.3. The lowest BCUT2D eigenvalue weighted by atomic mass is 9.80. The van der Waals surface area contributed by atoms with Crippen LogP contribution in [0.15, 0.2) is 88.5 Å². The van der Waals surface area contributed by atoms with Crippen LogP contribution in [0, 0.1) is 5.82 Å². The number of benzene rings is 2. The fraction of sp³-hybridized carbons (Fsp3) is 0.185. The zero-order chi connectivity index (χ0) is 23.5. The molecule has 172 valence electrons. The van der Waals surface area contributed by atoms with Gasteiger partial charge in [-0.05, 0) is 83.8 Å². The molecule has 0 amide bonds. The number of nitrogens with zero attached hydrogens (tertiary/aromatic N) is 1. The molecular formula is C27H22ClFN2OS2. The Morgan fingerprint density at radius 3 is 2.62 bits per heavy atom. The molecule has 5 rings (SSSR count). The number of hydrogen-bond acceptors (Lipinski definition) is 5. The van der Waals surface area contributed by atoms with Gasteiger partial charge in [-0.25, -0.2) is 9.37 Å². The van der Waals surface area contributed by atoms with Crippen LogP contribution in [0.3, 0.4) is 0 Å². The Balaban J connectivity index is 1.43. The monoisotopic (exact) mass is 508 g/mol. The maximum Gasteiger partial charge on any atom is 0.211 e. The van der Waals surface area contributed by atoms with Crippen molar-refractivity contribution in [1.29, 1.82) is 0 Å². The highest BCUT2D eigenvalue weighted by Crippen LogP contribution is 2.41. The third-order valence-corrected chi connectivity index (χ3v) is 8.61. The number of piperidine rings is 1. The second-order valence-electron chi connectivity index (χ2n) is 8.25. The second kappa shape index (κ2) is 10.0. The molecule has 1 N–H and O–H groups in total. The number of pyridine rings is 1. The molecule has 0 bridgehead atoms. The molecule has 7 heteroatoms. The van der Waals surface area contributed by atoms with Gasteiger partial charge in [-0.15, -0.1) is 11.8 Å². The Morgan fingerprint density at radius 2 is 1.91 bits per heavy atom. The Hall–Kier alpha value is -2.51. The zero-order valence-corrected chi connectivity index (χ0v) is 20.6. The first-order chi connectivity index (χ1) is 16.5. The van der Waals surface area contributed by atoms with Gasteiger partial charge >= 0.3 is 0 Å². The average molecular weight is 509 g/mol. The Bertz CT molecular complexity index is 1290. The quantitative estimate of drug-likeness (QED) is 0.286. The van der Waals surface area contributed by atoms with E-state index >= 15 is 0 Å². The number of hydrogen-bond donors (Lipinski definition) is 1. The van der Waals surface area contributed by atoms with Crippen molar-refractivity contribution in [2.24, 2.45) is 0 Å². The summed E-state index contributed by atoms with van der Waals surface area (Å²) in [5.74, 6) is -0.587. The molecule has 1 aliphatic rings. The van der Waals surface area contributed by atoms with E-state index in [0.717, 1.165) is 40.6 Å². The number of rotatable bonds is 6. The average Bonchev–Trinajstić information content (AvgIpc) is 3.42.